The second-order valence-electron chi connectivity index (χ2n) is 5.15. The Balaban J connectivity index is 1.96. The predicted molar refractivity (Wildman–Crippen MR) is 71.3 cm³/mol. The third kappa shape index (κ3) is 3.38. The minimum absolute atomic E-state index is 0.238. The van der Waals surface area contributed by atoms with Gasteiger partial charge >= 0.3 is 0 Å². The molecule has 0 aliphatic heterocycles. The van der Waals surface area contributed by atoms with Crippen LogP contribution in [-0.2, 0) is 11.2 Å². The van der Waals surface area contributed by atoms with Gasteiger partial charge in [0.15, 0.2) is 0 Å². The van der Waals surface area contributed by atoms with E-state index in [1.165, 1.54) is 12.8 Å². The van der Waals surface area contributed by atoms with Crippen molar-refractivity contribution < 1.29 is 4.79 Å². The van der Waals surface area contributed by atoms with Crippen LogP contribution in [0.3, 0.4) is 0 Å². The molecule has 1 aromatic heterocycles. The average Bonchev–Trinajstić information content (AvgIpc) is 2.69. The van der Waals surface area contributed by atoms with Crippen molar-refractivity contribution in [3.63, 3.8) is 0 Å². The van der Waals surface area contributed by atoms with E-state index in [1.807, 2.05) is 6.92 Å². The Morgan fingerprint density at radius 2 is 2.35 bits per heavy atom. The van der Waals surface area contributed by atoms with E-state index in [4.69, 9.17) is 0 Å². The molecule has 1 aromatic rings. The van der Waals surface area contributed by atoms with Gasteiger partial charge in [-0.25, -0.2) is 4.98 Å². The lowest BCUT2D eigenvalue weighted by atomic mass is 9.77. The number of ketones is 1. The van der Waals surface area contributed by atoms with Crippen molar-refractivity contribution in [3.05, 3.63) is 16.1 Å². The van der Waals surface area contributed by atoms with Crippen molar-refractivity contribution >= 4 is 17.1 Å². The van der Waals surface area contributed by atoms with Gasteiger partial charge in [-0.1, -0.05) is 19.8 Å². The summed E-state index contributed by atoms with van der Waals surface area (Å²) < 4.78 is 0. The highest BCUT2D eigenvalue weighted by atomic mass is 32.1. The normalized spacial score (nSPS) is 25.2. The van der Waals surface area contributed by atoms with Gasteiger partial charge in [0, 0.05) is 24.1 Å². The summed E-state index contributed by atoms with van der Waals surface area (Å²) in [5.74, 6) is 1.47. The number of nitrogens with zero attached hydrogens (tertiary/aromatic N) is 1. The zero-order valence-electron chi connectivity index (χ0n) is 10.7. The molecule has 94 valence electrons. The van der Waals surface area contributed by atoms with Crippen LogP contribution in [0, 0.1) is 18.8 Å². The number of aryl methyl sites for hydroxylation is 1. The Labute approximate surface area is 107 Å². The van der Waals surface area contributed by atoms with Crippen molar-refractivity contribution in [1.29, 1.82) is 0 Å². The maximum Gasteiger partial charge on any atom is 0.136 e. The highest BCUT2D eigenvalue weighted by Crippen LogP contribution is 2.31. The SMILES string of the molecule is CCCC1CCC(=O)C(Cc2csc(C)n2)C1. The van der Waals surface area contributed by atoms with Crippen molar-refractivity contribution in [2.24, 2.45) is 11.8 Å². The lowest BCUT2D eigenvalue weighted by Crippen LogP contribution is -2.26. The number of rotatable bonds is 4. The predicted octanol–water partition coefficient (Wildman–Crippen LogP) is 3.78. The van der Waals surface area contributed by atoms with Crippen LogP contribution in [-0.4, -0.2) is 10.8 Å². The largest absolute Gasteiger partial charge is 0.299 e. The lowest BCUT2D eigenvalue weighted by Gasteiger charge is -2.27. The Kier molecular flexibility index (Phi) is 4.32. The number of hydrogen-bond acceptors (Lipinski definition) is 3. The molecule has 0 aromatic carbocycles. The van der Waals surface area contributed by atoms with Gasteiger partial charge in [-0.15, -0.1) is 11.3 Å². The molecule has 2 unspecified atom stereocenters. The quantitative estimate of drug-likeness (QED) is 0.815. The van der Waals surface area contributed by atoms with Gasteiger partial charge in [-0.05, 0) is 25.7 Å². The van der Waals surface area contributed by atoms with Gasteiger partial charge in [0.25, 0.3) is 0 Å². The third-order valence-electron chi connectivity index (χ3n) is 3.69. The molecule has 3 heteroatoms. The van der Waals surface area contributed by atoms with Crippen LogP contribution in [0.15, 0.2) is 5.38 Å². The first-order valence-electron chi connectivity index (χ1n) is 6.62. The summed E-state index contributed by atoms with van der Waals surface area (Å²) in [6, 6.07) is 0. The van der Waals surface area contributed by atoms with E-state index in [-0.39, 0.29) is 5.92 Å². The number of hydrogen-bond donors (Lipinski definition) is 0. The molecule has 2 rings (SSSR count). The van der Waals surface area contributed by atoms with Gasteiger partial charge in [0.1, 0.15) is 5.78 Å². The number of aromatic nitrogens is 1. The molecule has 2 atom stereocenters. The van der Waals surface area contributed by atoms with Crippen LogP contribution in [0.25, 0.3) is 0 Å². The zero-order chi connectivity index (χ0) is 12.3. The first kappa shape index (κ1) is 12.7. The summed E-state index contributed by atoms with van der Waals surface area (Å²) in [4.78, 5) is 16.4. The summed E-state index contributed by atoms with van der Waals surface area (Å²) in [6.07, 6.45) is 6.37. The van der Waals surface area contributed by atoms with E-state index in [0.717, 1.165) is 42.3 Å². The number of thiazole rings is 1. The van der Waals surface area contributed by atoms with E-state index in [2.05, 4.69) is 17.3 Å². The van der Waals surface area contributed by atoms with E-state index < -0.39 is 0 Å². The lowest BCUT2D eigenvalue weighted by molar-refractivity contribution is -0.125. The molecular weight excluding hydrogens is 230 g/mol. The van der Waals surface area contributed by atoms with Gasteiger partial charge in [-0.2, -0.15) is 0 Å². The smallest absolute Gasteiger partial charge is 0.136 e. The summed E-state index contributed by atoms with van der Waals surface area (Å²) in [7, 11) is 0. The molecule has 1 fully saturated rings. The summed E-state index contributed by atoms with van der Waals surface area (Å²) in [5, 5.41) is 3.21. The molecule has 0 N–H and O–H groups in total. The molecule has 1 aliphatic rings. The number of carbonyl (C=O) groups excluding carboxylic acids is 1. The molecule has 0 radical (unpaired) electrons. The molecule has 0 bridgehead atoms. The third-order valence-corrected chi connectivity index (χ3v) is 4.51. The zero-order valence-corrected chi connectivity index (χ0v) is 11.6. The Hall–Kier alpha value is -0.700. The van der Waals surface area contributed by atoms with E-state index in [9.17, 15) is 4.79 Å². The highest BCUT2D eigenvalue weighted by molar-refractivity contribution is 7.09. The second kappa shape index (κ2) is 5.76. The monoisotopic (exact) mass is 251 g/mol. The van der Waals surface area contributed by atoms with Gasteiger partial charge in [-0.3, -0.25) is 4.79 Å². The van der Waals surface area contributed by atoms with Crippen LogP contribution in [0.4, 0.5) is 0 Å². The van der Waals surface area contributed by atoms with Crippen LogP contribution < -0.4 is 0 Å². The first-order chi connectivity index (χ1) is 8.19. The fraction of sp³-hybridized carbons (Fsp3) is 0.714. The standard InChI is InChI=1S/C14H21NOS/c1-3-4-11-5-6-14(16)12(7-11)8-13-9-17-10(2)15-13/h9,11-12H,3-8H2,1-2H3. The number of carbonyl (C=O) groups is 1. The van der Waals surface area contributed by atoms with E-state index >= 15 is 0 Å². The van der Waals surface area contributed by atoms with Gasteiger partial charge in [0.05, 0.1) is 10.7 Å². The molecule has 2 nitrogen and oxygen atoms in total. The molecular formula is C14H21NOS. The molecule has 0 amide bonds. The minimum atomic E-state index is 0.238. The first-order valence-corrected chi connectivity index (χ1v) is 7.50. The van der Waals surface area contributed by atoms with Crippen LogP contribution in [0.2, 0.25) is 0 Å². The maximum atomic E-state index is 11.9. The Morgan fingerprint density at radius 3 is 3.00 bits per heavy atom. The Morgan fingerprint density at radius 1 is 1.53 bits per heavy atom. The van der Waals surface area contributed by atoms with Crippen molar-refractivity contribution in [3.8, 4) is 0 Å². The molecule has 1 saturated carbocycles. The van der Waals surface area contributed by atoms with Crippen molar-refractivity contribution in [2.75, 3.05) is 0 Å². The van der Waals surface area contributed by atoms with Crippen LogP contribution in [0.1, 0.15) is 49.7 Å². The summed E-state index contributed by atoms with van der Waals surface area (Å²) >= 11 is 1.68. The van der Waals surface area contributed by atoms with Crippen molar-refractivity contribution in [2.45, 2.75) is 52.4 Å². The highest BCUT2D eigenvalue weighted by Gasteiger charge is 2.28. The number of Topliss-reactive ketones (excluding diaryl/α,β-unsaturated/α-hetero) is 1. The van der Waals surface area contributed by atoms with Crippen LogP contribution >= 0.6 is 11.3 Å². The van der Waals surface area contributed by atoms with Crippen molar-refractivity contribution in [1.82, 2.24) is 4.98 Å². The maximum absolute atomic E-state index is 11.9. The second-order valence-corrected chi connectivity index (χ2v) is 6.22. The fourth-order valence-corrected chi connectivity index (χ4v) is 3.45. The summed E-state index contributed by atoms with van der Waals surface area (Å²) in [5.41, 5.74) is 1.11. The molecule has 0 spiro atoms. The Bertz CT molecular complexity index is 385. The van der Waals surface area contributed by atoms with E-state index in [0.29, 0.717) is 5.78 Å². The fourth-order valence-electron chi connectivity index (χ4n) is 2.82. The molecule has 17 heavy (non-hydrogen) atoms. The average molecular weight is 251 g/mol. The van der Waals surface area contributed by atoms with Gasteiger partial charge in [0.2, 0.25) is 0 Å². The van der Waals surface area contributed by atoms with Gasteiger partial charge < -0.3 is 0 Å². The molecule has 0 saturated heterocycles. The van der Waals surface area contributed by atoms with Crippen LogP contribution in [0.5, 0.6) is 0 Å². The summed E-state index contributed by atoms with van der Waals surface area (Å²) in [6.45, 7) is 4.26. The minimum Gasteiger partial charge on any atom is -0.299 e. The van der Waals surface area contributed by atoms with E-state index in [1.54, 1.807) is 11.3 Å². The molecule has 1 heterocycles. The molecule has 1 aliphatic carbocycles. The topological polar surface area (TPSA) is 30.0 Å².